The van der Waals surface area contributed by atoms with E-state index in [4.69, 9.17) is 0 Å². The molecule has 1 saturated heterocycles. The van der Waals surface area contributed by atoms with Crippen LogP contribution in [0.4, 0.5) is 0 Å². The van der Waals surface area contributed by atoms with Crippen LogP contribution < -0.4 is 10.6 Å². The van der Waals surface area contributed by atoms with Crippen LogP contribution in [0.15, 0.2) is 30.5 Å². The molecule has 0 aliphatic carbocycles. The topological polar surface area (TPSA) is 56.9 Å². The van der Waals surface area contributed by atoms with Gasteiger partial charge in [0.05, 0.1) is 6.42 Å². The number of fused-ring (bicyclic) bond motifs is 1. The highest BCUT2D eigenvalue weighted by molar-refractivity contribution is 5.83. The van der Waals surface area contributed by atoms with Gasteiger partial charge in [0, 0.05) is 24.3 Å². The van der Waals surface area contributed by atoms with Gasteiger partial charge in [0.15, 0.2) is 0 Å². The summed E-state index contributed by atoms with van der Waals surface area (Å²) in [5.41, 5.74) is 2.17. The molecule has 1 atom stereocenters. The van der Waals surface area contributed by atoms with Crippen molar-refractivity contribution in [3.05, 3.63) is 36.0 Å². The average molecular weight is 243 g/mol. The van der Waals surface area contributed by atoms with Gasteiger partial charge in [-0.2, -0.15) is 0 Å². The van der Waals surface area contributed by atoms with E-state index >= 15 is 0 Å². The monoisotopic (exact) mass is 243 g/mol. The summed E-state index contributed by atoms with van der Waals surface area (Å²) in [6.45, 7) is 1.89. The van der Waals surface area contributed by atoms with Crippen molar-refractivity contribution >= 4 is 16.8 Å². The lowest BCUT2D eigenvalue weighted by Crippen LogP contribution is -2.37. The maximum atomic E-state index is 11.9. The average Bonchev–Trinajstić information content (AvgIpc) is 2.98. The molecule has 0 saturated carbocycles. The fourth-order valence-electron chi connectivity index (χ4n) is 2.45. The molecule has 1 aromatic heterocycles. The number of carbonyl (C=O) groups excluding carboxylic acids is 1. The first kappa shape index (κ1) is 11.3. The number of rotatable bonds is 3. The van der Waals surface area contributed by atoms with Gasteiger partial charge in [0.2, 0.25) is 5.91 Å². The molecule has 0 bridgehead atoms. The van der Waals surface area contributed by atoms with Crippen molar-refractivity contribution in [2.75, 3.05) is 13.1 Å². The Bertz CT molecular complexity index is 555. The summed E-state index contributed by atoms with van der Waals surface area (Å²) < 4.78 is 0. The molecule has 4 heteroatoms. The zero-order chi connectivity index (χ0) is 12.4. The SMILES string of the molecule is O=C(Cc1ccc2[nH]ccc2c1)NC1CCNC1. The number of aromatic nitrogens is 1. The Morgan fingerprint density at radius 3 is 3.17 bits per heavy atom. The molecular weight excluding hydrogens is 226 g/mol. The van der Waals surface area contributed by atoms with Gasteiger partial charge in [-0.1, -0.05) is 6.07 Å². The first-order valence-corrected chi connectivity index (χ1v) is 6.37. The maximum absolute atomic E-state index is 11.9. The predicted octanol–water partition coefficient (Wildman–Crippen LogP) is 1.19. The third-order valence-corrected chi connectivity index (χ3v) is 3.41. The number of benzene rings is 1. The molecule has 1 amide bonds. The van der Waals surface area contributed by atoms with Crippen LogP contribution >= 0.6 is 0 Å². The lowest BCUT2D eigenvalue weighted by Gasteiger charge is -2.11. The van der Waals surface area contributed by atoms with Gasteiger partial charge in [-0.3, -0.25) is 4.79 Å². The molecule has 0 radical (unpaired) electrons. The van der Waals surface area contributed by atoms with Gasteiger partial charge >= 0.3 is 0 Å². The van der Waals surface area contributed by atoms with Crippen LogP contribution in [0, 0.1) is 0 Å². The number of H-pyrrole nitrogens is 1. The number of aromatic amines is 1. The minimum Gasteiger partial charge on any atom is -0.361 e. The summed E-state index contributed by atoms with van der Waals surface area (Å²) in [6, 6.07) is 8.42. The van der Waals surface area contributed by atoms with E-state index in [0.717, 1.165) is 36.0 Å². The normalized spacial score (nSPS) is 19.2. The largest absolute Gasteiger partial charge is 0.361 e. The van der Waals surface area contributed by atoms with Gasteiger partial charge in [0.1, 0.15) is 0 Å². The summed E-state index contributed by atoms with van der Waals surface area (Å²) in [5, 5.41) is 7.46. The highest BCUT2D eigenvalue weighted by Gasteiger charge is 2.16. The third-order valence-electron chi connectivity index (χ3n) is 3.41. The van der Waals surface area contributed by atoms with Crippen molar-refractivity contribution in [3.8, 4) is 0 Å². The lowest BCUT2D eigenvalue weighted by atomic mass is 10.1. The van der Waals surface area contributed by atoms with Gasteiger partial charge in [-0.25, -0.2) is 0 Å². The standard InChI is InChI=1S/C14H17N3O/c18-14(17-12-4-5-15-9-12)8-10-1-2-13-11(7-10)3-6-16-13/h1-3,6-7,12,15-16H,4-5,8-9H2,(H,17,18). The zero-order valence-electron chi connectivity index (χ0n) is 10.2. The van der Waals surface area contributed by atoms with Gasteiger partial charge in [0.25, 0.3) is 0 Å². The maximum Gasteiger partial charge on any atom is 0.224 e. The predicted molar refractivity (Wildman–Crippen MR) is 71.4 cm³/mol. The van der Waals surface area contributed by atoms with Crippen LogP contribution in [0.1, 0.15) is 12.0 Å². The van der Waals surface area contributed by atoms with Crippen LogP contribution in [0.25, 0.3) is 10.9 Å². The number of hydrogen-bond donors (Lipinski definition) is 3. The first-order chi connectivity index (χ1) is 8.81. The van der Waals surface area contributed by atoms with Gasteiger partial charge < -0.3 is 15.6 Å². The fourth-order valence-corrected chi connectivity index (χ4v) is 2.45. The highest BCUT2D eigenvalue weighted by atomic mass is 16.1. The van der Waals surface area contributed by atoms with Crippen LogP contribution in [0.3, 0.4) is 0 Å². The Hall–Kier alpha value is -1.81. The van der Waals surface area contributed by atoms with Gasteiger partial charge in [-0.15, -0.1) is 0 Å². The van der Waals surface area contributed by atoms with E-state index in [9.17, 15) is 4.79 Å². The van der Waals surface area contributed by atoms with E-state index in [1.54, 1.807) is 0 Å². The Balaban J connectivity index is 1.65. The van der Waals surface area contributed by atoms with E-state index in [1.807, 2.05) is 24.4 Å². The lowest BCUT2D eigenvalue weighted by molar-refractivity contribution is -0.121. The fraction of sp³-hybridized carbons (Fsp3) is 0.357. The van der Waals surface area contributed by atoms with Crippen LogP contribution in [0.2, 0.25) is 0 Å². The van der Waals surface area contributed by atoms with E-state index in [0.29, 0.717) is 12.5 Å². The van der Waals surface area contributed by atoms with E-state index in [2.05, 4.69) is 21.7 Å². The minimum atomic E-state index is 0.110. The van der Waals surface area contributed by atoms with E-state index in [1.165, 1.54) is 0 Å². The van der Waals surface area contributed by atoms with Crippen molar-refractivity contribution in [1.82, 2.24) is 15.6 Å². The molecule has 1 aliphatic rings. The smallest absolute Gasteiger partial charge is 0.224 e. The molecule has 0 spiro atoms. The van der Waals surface area contributed by atoms with E-state index in [-0.39, 0.29) is 5.91 Å². The minimum absolute atomic E-state index is 0.110. The van der Waals surface area contributed by atoms with Crippen LogP contribution in [-0.2, 0) is 11.2 Å². The van der Waals surface area contributed by atoms with Crippen LogP contribution in [0.5, 0.6) is 0 Å². The second-order valence-corrected chi connectivity index (χ2v) is 4.83. The summed E-state index contributed by atoms with van der Waals surface area (Å²) in [5.74, 6) is 0.110. The van der Waals surface area contributed by atoms with E-state index < -0.39 is 0 Å². The Labute approximate surface area is 106 Å². The highest BCUT2D eigenvalue weighted by Crippen LogP contribution is 2.14. The molecule has 3 rings (SSSR count). The van der Waals surface area contributed by atoms with Crippen molar-refractivity contribution in [2.24, 2.45) is 0 Å². The summed E-state index contributed by atoms with van der Waals surface area (Å²) >= 11 is 0. The first-order valence-electron chi connectivity index (χ1n) is 6.37. The Morgan fingerprint density at radius 2 is 2.33 bits per heavy atom. The molecule has 2 heterocycles. The molecule has 1 aromatic carbocycles. The molecule has 94 valence electrons. The molecule has 1 fully saturated rings. The second kappa shape index (κ2) is 4.82. The van der Waals surface area contributed by atoms with Gasteiger partial charge in [-0.05, 0) is 42.1 Å². The summed E-state index contributed by atoms with van der Waals surface area (Å²) in [4.78, 5) is 15.0. The summed E-state index contributed by atoms with van der Waals surface area (Å²) in [7, 11) is 0. The molecule has 2 aromatic rings. The van der Waals surface area contributed by atoms with Crippen molar-refractivity contribution in [3.63, 3.8) is 0 Å². The number of amides is 1. The molecule has 1 unspecified atom stereocenters. The Kier molecular flexibility index (Phi) is 3.02. The number of nitrogens with one attached hydrogen (secondary N) is 3. The quantitative estimate of drug-likeness (QED) is 0.758. The van der Waals surface area contributed by atoms with Crippen molar-refractivity contribution in [2.45, 2.75) is 18.9 Å². The summed E-state index contributed by atoms with van der Waals surface area (Å²) in [6.07, 6.45) is 3.40. The Morgan fingerprint density at radius 1 is 1.39 bits per heavy atom. The zero-order valence-corrected chi connectivity index (χ0v) is 10.2. The third kappa shape index (κ3) is 2.38. The second-order valence-electron chi connectivity index (χ2n) is 4.83. The molecular formula is C14H17N3O. The van der Waals surface area contributed by atoms with Crippen LogP contribution in [-0.4, -0.2) is 30.0 Å². The molecule has 4 nitrogen and oxygen atoms in total. The van der Waals surface area contributed by atoms with Crippen molar-refractivity contribution in [1.29, 1.82) is 0 Å². The van der Waals surface area contributed by atoms with Crippen molar-refractivity contribution < 1.29 is 4.79 Å². The molecule has 18 heavy (non-hydrogen) atoms. The molecule has 3 N–H and O–H groups in total. The molecule has 1 aliphatic heterocycles. The number of hydrogen-bond acceptors (Lipinski definition) is 2. The number of carbonyl (C=O) groups is 1.